The van der Waals surface area contributed by atoms with Gasteiger partial charge in [0.05, 0.1) is 20.8 Å². The maximum atomic E-state index is 12.8. The summed E-state index contributed by atoms with van der Waals surface area (Å²) in [6.07, 6.45) is 2.97. The highest BCUT2D eigenvalue weighted by Crippen LogP contribution is 2.54. The summed E-state index contributed by atoms with van der Waals surface area (Å²) in [7, 11) is 2.24. The second-order valence-corrected chi connectivity index (χ2v) is 9.06. The van der Waals surface area contributed by atoms with Crippen LogP contribution in [0.1, 0.15) is 45.1 Å². The Balaban J connectivity index is 1.78. The minimum absolute atomic E-state index is 0.00501. The smallest absolute Gasteiger partial charge is 0.344 e. The van der Waals surface area contributed by atoms with E-state index in [1.54, 1.807) is 0 Å². The fourth-order valence-electron chi connectivity index (χ4n) is 5.06. The van der Waals surface area contributed by atoms with Gasteiger partial charge in [-0.05, 0) is 37.7 Å². The number of carbonyl (C=O) groups is 2. The lowest BCUT2D eigenvalue weighted by atomic mass is 9.76. The van der Waals surface area contributed by atoms with Crippen molar-refractivity contribution >= 4 is 11.9 Å². The molecular weight excluding hydrogens is 428 g/mol. The van der Waals surface area contributed by atoms with Crippen molar-refractivity contribution in [3.63, 3.8) is 0 Å². The van der Waals surface area contributed by atoms with Gasteiger partial charge in [-0.1, -0.05) is 48.9 Å². The summed E-state index contributed by atoms with van der Waals surface area (Å²) in [4.78, 5) is 25.3. The van der Waals surface area contributed by atoms with Crippen LogP contribution in [0.15, 0.2) is 42.0 Å². The van der Waals surface area contributed by atoms with E-state index in [-0.39, 0.29) is 12.8 Å². The number of benzene rings is 1. The van der Waals surface area contributed by atoms with E-state index in [0.29, 0.717) is 18.8 Å². The molecule has 0 aliphatic carbocycles. The Bertz CT molecular complexity index is 884. The van der Waals surface area contributed by atoms with Gasteiger partial charge in [0, 0.05) is 12.8 Å². The number of hydrogen-bond acceptors (Lipinski definition) is 8. The molecule has 0 radical (unpaired) electrons. The summed E-state index contributed by atoms with van der Waals surface area (Å²) in [5, 5.41) is 21.2. The SMILES string of the molecule is COC(=O)[C@@]12CC[C@@](CC/C(C)=C/[C@H](C)Cc3ccccc3)(O[C@H](CO)[C@@]1(O)C(=O)OC)O2. The number of esters is 2. The van der Waals surface area contributed by atoms with Gasteiger partial charge in [-0.3, -0.25) is 0 Å². The van der Waals surface area contributed by atoms with E-state index in [2.05, 4.69) is 25.1 Å². The molecule has 33 heavy (non-hydrogen) atoms. The Morgan fingerprint density at radius 1 is 1.18 bits per heavy atom. The van der Waals surface area contributed by atoms with Crippen molar-refractivity contribution in [1.82, 2.24) is 0 Å². The van der Waals surface area contributed by atoms with Crippen molar-refractivity contribution in [2.75, 3.05) is 20.8 Å². The predicted octanol–water partition coefficient (Wildman–Crippen LogP) is 2.31. The second-order valence-electron chi connectivity index (χ2n) is 9.06. The van der Waals surface area contributed by atoms with Crippen LogP contribution in [-0.2, 0) is 35.0 Å². The Labute approximate surface area is 194 Å². The Kier molecular flexibility index (Phi) is 7.63. The van der Waals surface area contributed by atoms with E-state index in [9.17, 15) is 19.8 Å². The van der Waals surface area contributed by atoms with E-state index in [1.807, 2.05) is 25.1 Å². The molecule has 2 aliphatic rings. The molecule has 2 fully saturated rings. The zero-order valence-electron chi connectivity index (χ0n) is 19.7. The number of aliphatic hydroxyl groups is 2. The maximum absolute atomic E-state index is 12.8. The van der Waals surface area contributed by atoms with Gasteiger partial charge in [0.15, 0.2) is 5.79 Å². The molecule has 1 aromatic rings. The van der Waals surface area contributed by atoms with E-state index in [4.69, 9.17) is 18.9 Å². The van der Waals surface area contributed by atoms with Gasteiger partial charge in [0.2, 0.25) is 11.2 Å². The van der Waals surface area contributed by atoms with Crippen LogP contribution in [-0.4, -0.2) is 66.1 Å². The Hall–Kier alpha value is -2.26. The van der Waals surface area contributed by atoms with E-state index in [0.717, 1.165) is 26.2 Å². The standard InChI is InChI=1S/C25H34O8/c1-17(14-18(2)15-19-8-6-5-7-9-19)10-11-23-12-13-24(33-23,21(27)30-3)25(29,22(28)31-4)20(16-26)32-23/h5-9,14,18,20,26,29H,10-13,15-16H2,1-4H3/b17-14+/t18-,20+,23-,24-,25+/m0/s1. The first kappa shape index (κ1) is 25.4. The summed E-state index contributed by atoms with van der Waals surface area (Å²) in [6, 6.07) is 10.2. The van der Waals surface area contributed by atoms with Gasteiger partial charge in [-0.2, -0.15) is 0 Å². The van der Waals surface area contributed by atoms with E-state index >= 15 is 0 Å². The molecule has 1 aromatic carbocycles. The van der Waals surface area contributed by atoms with Crippen LogP contribution in [0, 0.1) is 5.92 Å². The summed E-state index contributed by atoms with van der Waals surface area (Å²) in [6.45, 7) is 3.48. The summed E-state index contributed by atoms with van der Waals surface area (Å²) < 4.78 is 21.7. The number of allylic oxidation sites excluding steroid dienone is 2. The van der Waals surface area contributed by atoms with Crippen LogP contribution >= 0.6 is 0 Å². The Morgan fingerprint density at radius 3 is 2.45 bits per heavy atom. The van der Waals surface area contributed by atoms with Crippen molar-refractivity contribution in [3.8, 4) is 0 Å². The number of rotatable bonds is 9. The van der Waals surface area contributed by atoms with Gasteiger partial charge in [-0.15, -0.1) is 0 Å². The third-order valence-corrected chi connectivity index (χ3v) is 6.70. The van der Waals surface area contributed by atoms with Crippen molar-refractivity contribution < 1.29 is 38.7 Å². The summed E-state index contributed by atoms with van der Waals surface area (Å²) in [5.74, 6) is -2.93. The second kappa shape index (κ2) is 9.93. The van der Waals surface area contributed by atoms with Crippen LogP contribution in [0.4, 0.5) is 0 Å². The zero-order chi connectivity index (χ0) is 24.3. The number of methoxy groups -OCH3 is 2. The number of carbonyl (C=O) groups excluding carboxylic acids is 2. The van der Waals surface area contributed by atoms with Crippen molar-refractivity contribution in [2.45, 2.75) is 69.0 Å². The number of aliphatic hydroxyl groups excluding tert-OH is 1. The lowest BCUT2D eigenvalue weighted by molar-refractivity contribution is -0.371. The number of fused-ring (bicyclic) bond motifs is 2. The number of hydrogen-bond donors (Lipinski definition) is 2. The molecule has 0 saturated carbocycles. The van der Waals surface area contributed by atoms with Crippen LogP contribution < -0.4 is 0 Å². The fraction of sp³-hybridized carbons (Fsp3) is 0.600. The Morgan fingerprint density at radius 2 is 1.85 bits per heavy atom. The molecular formula is C25H34O8. The molecule has 2 N–H and O–H groups in total. The highest BCUT2D eigenvalue weighted by Gasteiger charge is 2.76. The minimum atomic E-state index is -2.53. The minimum Gasteiger partial charge on any atom is -0.467 e. The normalized spacial score (nSPS) is 32.3. The number of ether oxygens (including phenoxy) is 4. The molecule has 3 rings (SSSR count). The topological polar surface area (TPSA) is 112 Å². The monoisotopic (exact) mass is 462 g/mol. The third-order valence-electron chi connectivity index (χ3n) is 6.70. The molecule has 2 saturated heterocycles. The first-order valence-electron chi connectivity index (χ1n) is 11.3. The van der Waals surface area contributed by atoms with Gasteiger partial charge >= 0.3 is 11.9 Å². The maximum Gasteiger partial charge on any atom is 0.344 e. The highest BCUT2D eigenvalue weighted by atomic mass is 16.8. The molecule has 0 unspecified atom stereocenters. The molecule has 0 amide bonds. The lowest BCUT2D eigenvalue weighted by Gasteiger charge is -2.50. The van der Waals surface area contributed by atoms with Crippen LogP contribution in [0.2, 0.25) is 0 Å². The molecule has 2 aliphatic heterocycles. The molecule has 0 spiro atoms. The van der Waals surface area contributed by atoms with Crippen molar-refractivity contribution in [1.29, 1.82) is 0 Å². The van der Waals surface area contributed by atoms with E-state index in [1.165, 1.54) is 5.56 Å². The van der Waals surface area contributed by atoms with Crippen LogP contribution in [0.25, 0.3) is 0 Å². The quantitative estimate of drug-likeness (QED) is 0.425. The average Bonchev–Trinajstić information content (AvgIpc) is 3.17. The van der Waals surface area contributed by atoms with Gasteiger partial charge in [-0.25, -0.2) is 9.59 Å². The highest BCUT2D eigenvalue weighted by molar-refractivity contribution is 5.94. The van der Waals surface area contributed by atoms with Crippen LogP contribution in [0.5, 0.6) is 0 Å². The van der Waals surface area contributed by atoms with Gasteiger partial charge in [0.25, 0.3) is 0 Å². The molecule has 2 bridgehead atoms. The molecule has 0 aromatic heterocycles. The largest absolute Gasteiger partial charge is 0.467 e. The molecule has 2 heterocycles. The van der Waals surface area contributed by atoms with Crippen LogP contribution in [0.3, 0.4) is 0 Å². The molecule has 182 valence electrons. The first-order chi connectivity index (χ1) is 15.7. The van der Waals surface area contributed by atoms with Gasteiger partial charge < -0.3 is 29.2 Å². The lowest BCUT2D eigenvalue weighted by Crippen LogP contribution is -2.75. The van der Waals surface area contributed by atoms with Crippen molar-refractivity contribution in [3.05, 3.63) is 47.5 Å². The first-order valence-corrected chi connectivity index (χ1v) is 11.3. The molecule has 8 nitrogen and oxygen atoms in total. The summed E-state index contributed by atoms with van der Waals surface area (Å²) >= 11 is 0. The van der Waals surface area contributed by atoms with Gasteiger partial charge in [0.1, 0.15) is 6.10 Å². The zero-order valence-corrected chi connectivity index (χ0v) is 19.7. The van der Waals surface area contributed by atoms with E-state index < -0.39 is 41.6 Å². The average molecular weight is 463 g/mol. The third kappa shape index (κ3) is 4.57. The van der Waals surface area contributed by atoms with Crippen molar-refractivity contribution in [2.24, 2.45) is 5.92 Å². The predicted molar refractivity (Wildman–Crippen MR) is 119 cm³/mol. The molecule has 8 heteroatoms. The fourth-order valence-corrected chi connectivity index (χ4v) is 5.06. The summed E-state index contributed by atoms with van der Waals surface area (Å²) in [5.41, 5.74) is -2.15. The molecule has 5 atom stereocenters.